The Bertz CT molecular complexity index is 278. The van der Waals surface area contributed by atoms with Crippen LogP contribution in [-0.2, 0) is 9.59 Å². The molecule has 0 aromatic heterocycles. The first-order chi connectivity index (χ1) is 7.57. The van der Waals surface area contributed by atoms with Crippen molar-refractivity contribution in [3.05, 3.63) is 24.3 Å². The zero-order valence-corrected chi connectivity index (χ0v) is 10.3. The second-order valence-electron chi connectivity index (χ2n) is 4.01. The molecule has 0 aliphatic rings. The highest BCUT2D eigenvalue weighted by Gasteiger charge is 2.08. The molecule has 0 saturated carbocycles. The van der Waals surface area contributed by atoms with Crippen molar-refractivity contribution in [3.63, 3.8) is 0 Å². The minimum absolute atomic E-state index is 0.124. The van der Waals surface area contributed by atoms with Crippen LogP contribution in [0.4, 0.5) is 0 Å². The summed E-state index contributed by atoms with van der Waals surface area (Å²) in [5.41, 5.74) is 0. The lowest BCUT2D eigenvalue weighted by Gasteiger charge is -2.04. The first-order valence-electron chi connectivity index (χ1n) is 5.69. The van der Waals surface area contributed by atoms with Crippen LogP contribution >= 0.6 is 0 Å². The van der Waals surface area contributed by atoms with Gasteiger partial charge in [-0.3, -0.25) is 9.59 Å². The average Bonchev–Trinajstić information content (AvgIpc) is 2.23. The number of hydrogen-bond acceptors (Lipinski definition) is 3. The summed E-state index contributed by atoms with van der Waals surface area (Å²) >= 11 is 0. The van der Waals surface area contributed by atoms with Crippen LogP contribution in [0.25, 0.3) is 0 Å². The van der Waals surface area contributed by atoms with E-state index < -0.39 is 5.78 Å². The Morgan fingerprint density at radius 2 is 1.94 bits per heavy atom. The van der Waals surface area contributed by atoms with Gasteiger partial charge >= 0.3 is 0 Å². The van der Waals surface area contributed by atoms with Crippen molar-refractivity contribution < 1.29 is 9.59 Å². The summed E-state index contributed by atoms with van der Waals surface area (Å²) in [7, 11) is 0. The van der Waals surface area contributed by atoms with Crippen LogP contribution in [0.3, 0.4) is 0 Å². The van der Waals surface area contributed by atoms with Gasteiger partial charge in [-0.15, -0.1) is 0 Å². The van der Waals surface area contributed by atoms with E-state index in [0.29, 0.717) is 5.92 Å². The Hall–Kier alpha value is -1.22. The van der Waals surface area contributed by atoms with E-state index in [0.717, 1.165) is 13.0 Å². The molecule has 0 radical (unpaired) electrons. The second kappa shape index (κ2) is 9.04. The maximum atomic E-state index is 11.3. The Morgan fingerprint density at radius 3 is 2.50 bits per heavy atom. The summed E-state index contributed by atoms with van der Waals surface area (Å²) in [6.45, 7) is 6.98. The lowest BCUT2D eigenvalue weighted by atomic mass is 10.2. The van der Waals surface area contributed by atoms with Gasteiger partial charge in [-0.2, -0.15) is 0 Å². The summed E-state index contributed by atoms with van der Waals surface area (Å²) in [6, 6.07) is 0. The van der Waals surface area contributed by atoms with Crippen LogP contribution < -0.4 is 5.32 Å². The number of carbonyl (C=O) groups excluding carboxylic acids is 2. The van der Waals surface area contributed by atoms with E-state index in [1.54, 1.807) is 12.2 Å². The third kappa shape index (κ3) is 8.12. The maximum absolute atomic E-state index is 11.3. The normalized spacial score (nSPS) is 11.8. The van der Waals surface area contributed by atoms with Crippen molar-refractivity contribution in [2.75, 3.05) is 13.1 Å². The molecule has 0 heterocycles. The van der Waals surface area contributed by atoms with E-state index in [2.05, 4.69) is 19.2 Å². The molecule has 1 N–H and O–H groups in total. The lowest BCUT2D eigenvalue weighted by molar-refractivity contribution is -0.133. The molecule has 3 nitrogen and oxygen atoms in total. The molecule has 0 rings (SSSR count). The smallest absolute Gasteiger partial charge is 0.222 e. The van der Waals surface area contributed by atoms with Crippen LogP contribution in [-0.4, -0.2) is 24.7 Å². The van der Waals surface area contributed by atoms with Gasteiger partial charge in [0.15, 0.2) is 0 Å². The predicted octanol–water partition coefficient (Wildman–Crippen LogP) is 1.89. The molecule has 0 fully saturated rings. The van der Waals surface area contributed by atoms with E-state index in [1.807, 2.05) is 13.0 Å². The van der Waals surface area contributed by atoms with Crippen LogP contribution in [0.15, 0.2) is 24.3 Å². The highest BCUT2D eigenvalue weighted by molar-refractivity contribution is 6.42. The molecule has 0 bridgehead atoms. The van der Waals surface area contributed by atoms with Gasteiger partial charge in [-0.1, -0.05) is 39.0 Å². The molecule has 0 atom stereocenters. The van der Waals surface area contributed by atoms with E-state index in [4.69, 9.17) is 0 Å². The monoisotopic (exact) mass is 223 g/mol. The molecule has 16 heavy (non-hydrogen) atoms. The van der Waals surface area contributed by atoms with Crippen LogP contribution in [0.5, 0.6) is 0 Å². The molecular formula is C13H21NO2. The minimum atomic E-state index is -0.447. The topological polar surface area (TPSA) is 46.2 Å². The summed E-state index contributed by atoms with van der Waals surface area (Å²) in [5, 5.41) is 2.94. The largest absolute Gasteiger partial charge is 0.309 e. The zero-order valence-electron chi connectivity index (χ0n) is 10.3. The Morgan fingerprint density at radius 1 is 1.25 bits per heavy atom. The molecular weight excluding hydrogens is 202 g/mol. The first-order valence-corrected chi connectivity index (χ1v) is 5.69. The zero-order chi connectivity index (χ0) is 12.4. The fraction of sp³-hybridized carbons (Fsp3) is 0.538. The van der Waals surface area contributed by atoms with E-state index >= 15 is 0 Å². The van der Waals surface area contributed by atoms with Crippen molar-refractivity contribution in [2.45, 2.75) is 27.2 Å². The van der Waals surface area contributed by atoms with Gasteiger partial charge in [0.1, 0.15) is 0 Å². The molecule has 0 spiro atoms. The molecule has 0 aliphatic heterocycles. The van der Waals surface area contributed by atoms with Gasteiger partial charge in [0.25, 0.3) is 0 Å². The third-order valence-corrected chi connectivity index (χ3v) is 1.84. The number of hydrogen-bond donors (Lipinski definition) is 1. The summed E-state index contributed by atoms with van der Waals surface area (Å²) in [6.07, 6.45) is 7.53. The SMILES string of the molecule is CC/C=C\C=C\C(=O)C(=O)CNCC(C)C. The number of carbonyl (C=O) groups is 2. The lowest BCUT2D eigenvalue weighted by Crippen LogP contribution is -2.30. The van der Waals surface area contributed by atoms with Crippen molar-refractivity contribution >= 4 is 11.6 Å². The first kappa shape index (κ1) is 14.8. The van der Waals surface area contributed by atoms with Crippen molar-refractivity contribution in [3.8, 4) is 0 Å². The quantitative estimate of drug-likeness (QED) is 0.388. The summed E-state index contributed by atoms with van der Waals surface area (Å²) < 4.78 is 0. The minimum Gasteiger partial charge on any atom is -0.309 e. The standard InChI is InChI=1S/C13H21NO2/c1-4-5-6-7-8-12(15)13(16)10-14-9-11(2)3/h5-8,11,14H,4,9-10H2,1-3H3/b6-5-,8-7+. The van der Waals surface area contributed by atoms with Crippen molar-refractivity contribution in [1.29, 1.82) is 0 Å². The highest BCUT2D eigenvalue weighted by atomic mass is 16.2. The fourth-order valence-electron chi connectivity index (χ4n) is 1.01. The molecule has 0 unspecified atom stereocenters. The molecule has 0 aromatic carbocycles. The summed E-state index contributed by atoms with van der Waals surface area (Å²) in [5.74, 6) is -0.357. The Labute approximate surface area is 97.6 Å². The third-order valence-electron chi connectivity index (χ3n) is 1.84. The Balaban J connectivity index is 3.86. The Kier molecular flexibility index (Phi) is 8.35. The molecule has 0 aromatic rings. The maximum Gasteiger partial charge on any atom is 0.222 e. The van der Waals surface area contributed by atoms with Gasteiger partial charge in [-0.25, -0.2) is 0 Å². The number of ketones is 2. The van der Waals surface area contributed by atoms with Gasteiger partial charge < -0.3 is 5.32 Å². The molecule has 3 heteroatoms. The molecule has 0 aliphatic carbocycles. The van der Waals surface area contributed by atoms with E-state index in [1.165, 1.54) is 6.08 Å². The van der Waals surface area contributed by atoms with E-state index in [-0.39, 0.29) is 12.3 Å². The van der Waals surface area contributed by atoms with Crippen LogP contribution in [0.2, 0.25) is 0 Å². The van der Waals surface area contributed by atoms with Gasteiger partial charge in [0, 0.05) is 0 Å². The molecule has 90 valence electrons. The predicted molar refractivity (Wildman–Crippen MR) is 66.3 cm³/mol. The van der Waals surface area contributed by atoms with Crippen molar-refractivity contribution in [2.24, 2.45) is 5.92 Å². The number of allylic oxidation sites excluding steroid dienone is 4. The number of nitrogens with one attached hydrogen (secondary N) is 1. The summed E-state index contributed by atoms with van der Waals surface area (Å²) in [4.78, 5) is 22.6. The van der Waals surface area contributed by atoms with Crippen molar-refractivity contribution in [1.82, 2.24) is 5.32 Å². The highest BCUT2D eigenvalue weighted by Crippen LogP contribution is 1.88. The van der Waals surface area contributed by atoms with Gasteiger partial charge in [-0.05, 0) is 25.0 Å². The number of rotatable bonds is 8. The van der Waals surface area contributed by atoms with E-state index in [9.17, 15) is 9.59 Å². The molecule has 0 saturated heterocycles. The fourth-order valence-corrected chi connectivity index (χ4v) is 1.01. The second-order valence-corrected chi connectivity index (χ2v) is 4.01. The van der Waals surface area contributed by atoms with Gasteiger partial charge in [0.2, 0.25) is 11.6 Å². The van der Waals surface area contributed by atoms with Crippen LogP contribution in [0.1, 0.15) is 27.2 Å². The van der Waals surface area contributed by atoms with Gasteiger partial charge in [0.05, 0.1) is 6.54 Å². The molecule has 0 amide bonds. The average molecular weight is 223 g/mol. The van der Waals surface area contributed by atoms with Crippen LogP contribution in [0, 0.1) is 5.92 Å². The number of Topliss-reactive ketones (excluding diaryl/α,β-unsaturated/α-hetero) is 1.